The highest BCUT2D eigenvalue weighted by Crippen LogP contribution is 2.47. The minimum absolute atomic E-state index is 0.219. The number of rotatable bonds is 5. The van der Waals surface area contributed by atoms with Gasteiger partial charge in [-0.2, -0.15) is 0 Å². The lowest BCUT2D eigenvalue weighted by molar-refractivity contribution is 0.148. The van der Waals surface area contributed by atoms with E-state index >= 15 is 0 Å². The van der Waals surface area contributed by atoms with E-state index in [0.29, 0.717) is 12.0 Å². The van der Waals surface area contributed by atoms with E-state index in [0.717, 1.165) is 54.6 Å². The maximum Gasteiger partial charge on any atom is 0.225 e. The van der Waals surface area contributed by atoms with Crippen LogP contribution >= 0.6 is 11.3 Å². The highest BCUT2D eigenvalue weighted by atomic mass is 32.1. The molecule has 2 heterocycles. The molecule has 0 radical (unpaired) electrons. The Labute approximate surface area is 147 Å². The van der Waals surface area contributed by atoms with Crippen molar-refractivity contribution in [3.8, 4) is 5.88 Å². The second-order valence-electron chi connectivity index (χ2n) is 7.21. The van der Waals surface area contributed by atoms with Crippen molar-refractivity contribution >= 4 is 21.6 Å². The molecule has 0 saturated heterocycles. The molecule has 4 rings (SSSR count). The van der Waals surface area contributed by atoms with Crippen molar-refractivity contribution in [1.82, 2.24) is 9.97 Å². The summed E-state index contributed by atoms with van der Waals surface area (Å²) >= 11 is 1.79. The maximum absolute atomic E-state index is 10.1. The molecule has 5 heteroatoms. The van der Waals surface area contributed by atoms with Gasteiger partial charge in [0, 0.05) is 4.88 Å². The number of hydrogen-bond acceptors (Lipinski definition) is 5. The normalized spacial score (nSPS) is 22.7. The molecule has 0 unspecified atom stereocenters. The monoisotopic (exact) mass is 346 g/mol. The highest BCUT2D eigenvalue weighted by Gasteiger charge is 2.31. The molecule has 0 bridgehead atoms. The molecule has 0 aromatic carbocycles. The van der Waals surface area contributed by atoms with Crippen LogP contribution < -0.4 is 4.74 Å². The Bertz CT molecular complexity index is 709. The summed E-state index contributed by atoms with van der Waals surface area (Å²) in [5.41, 5.74) is 1.37. The standard InChI is InChI=1S/C19H26N2O2S/c1-2-13(22)10-12-8-9-15-16(12)17-18(20-11-21-19(17)24-15)23-14-6-4-3-5-7-14/h11-14,22H,2-10H2,1H3/t12-,13+/m1/s1. The number of aryl methyl sites for hydroxylation is 1. The van der Waals surface area contributed by atoms with Gasteiger partial charge in [-0.25, -0.2) is 9.97 Å². The summed E-state index contributed by atoms with van der Waals surface area (Å²) in [7, 11) is 0. The molecule has 2 aliphatic rings. The van der Waals surface area contributed by atoms with Gasteiger partial charge in [-0.15, -0.1) is 11.3 Å². The quantitative estimate of drug-likeness (QED) is 0.860. The first-order chi connectivity index (χ1) is 11.8. The van der Waals surface area contributed by atoms with E-state index in [-0.39, 0.29) is 6.10 Å². The third-order valence-corrected chi connectivity index (χ3v) is 6.73. The maximum atomic E-state index is 10.1. The zero-order valence-corrected chi connectivity index (χ0v) is 15.1. The summed E-state index contributed by atoms with van der Waals surface area (Å²) in [6, 6.07) is 0. The zero-order chi connectivity index (χ0) is 16.5. The van der Waals surface area contributed by atoms with Crippen LogP contribution in [0.25, 0.3) is 10.2 Å². The highest BCUT2D eigenvalue weighted by molar-refractivity contribution is 7.19. The molecule has 4 nitrogen and oxygen atoms in total. The lowest BCUT2D eigenvalue weighted by Crippen LogP contribution is -2.20. The average molecular weight is 346 g/mol. The first kappa shape index (κ1) is 16.3. The van der Waals surface area contributed by atoms with Crippen molar-refractivity contribution in [3.63, 3.8) is 0 Å². The Balaban J connectivity index is 1.68. The van der Waals surface area contributed by atoms with E-state index in [1.54, 1.807) is 17.7 Å². The number of aliphatic hydroxyl groups excluding tert-OH is 1. The molecular weight excluding hydrogens is 320 g/mol. The molecule has 0 spiro atoms. The third kappa shape index (κ3) is 3.04. The van der Waals surface area contributed by atoms with Gasteiger partial charge >= 0.3 is 0 Å². The van der Waals surface area contributed by atoms with E-state index in [1.807, 2.05) is 6.92 Å². The lowest BCUT2D eigenvalue weighted by Gasteiger charge is -2.23. The smallest absolute Gasteiger partial charge is 0.225 e. The first-order valence-electron chi connectivity index (χ1n) is 9.37. The Morgan fingerprint density at radius 1 is 1.25 bits per heavy atom. The van der Waals surface area contributed by atoms with Crippen molar-refractivity contribution in [2.75, 3.05) is 0 Å². The number of hydrogen-bond donors (Lipinski definition) is 1. The van der Waals surface area contributed by atoms with Crippen molar-refractivity contribution < 1.29 is 9.84 Å². The average Bonchev–Trinajstić information content (AvgIpc) is 3.16. The predicted octanol–water partition coefficient (Wildman–Crippen LogP) is 4.59. The van der Waals surface area contributed by atoms with Gasteiger partial charge in [-0.1, -0.05) is 13.3 Å². The summed E-state index contributed by atoms with van der Waals surface area (Å²) in [5.74, 6) is 1.20. The van der Waals surface area contributed by atoms with Crippen LogP contribution in [0, 0.1) is 0 Å². The summed E-state index contributed by atoms with van der Waals surface area (Å²) in [5, 5.41) is 11.3. The molecule has 24 heavy (non-hydrogen) atoms. The third-order valence-electron chi connectivity index (χ3n) is 5.55. The van der Waals surface area contributed by atoms with E-state index < -0.39 is 0 Å². The van der Waals surface area contributed by atoms with Gasteiger partial charge < -0.3 is 9.84 Å². The van der Waals surface area contributed by atoms with E-state index in [1.165, 1.54) is 29.7 Å². The van der Waals surface area contributed by atoms with Crippen molar-refractivity contribution in [1.29, 1.82) is 0 Å². The summed E-state index contributed by atoms with van der Waals surface area (Å²) < 4.78 is 6.32. The van der Waals surface area contributed by atoms with Crippen LogP contribution in [0.1, 0.15) is 74.6 Å². The fraction of sp³-hybridized carbons (Fsp3) is 0.684. The first-order valence-corrected chi connectivity index (χ1v) is 10.2. The Morgan fingerprint density at radius 3 is 2.88 bits per heavy atom. The molecule has 0 aliphatic heterocycles. The second-order valence-corrected chi connectivity index (χ2v) is 8.29. The fourth-order valence-corrected chi connectivity index (χ4v) is 5.43. The molecule has 130 valence electrons. The van der Waals surface area contributed by atoms with Crippen LogP contribution in [0.5, 0.6) is 5.88 Å². The van der Waals surface area contributed by atoms with Crippen molar-refractivity contribution in [2.24, 2.45) is 0 Å². The molecular formula is C19H26N2O2S. The van der Waals surface area contributed by atoms with Gasteiger partial charge in [0.1, 0.15) is 17.3 Å². The molecule has 2 aromatic rings. The molecule has 1 saturated carbocycles. The molecule has 1 fully saturated rings. The van der Waals surface area contributed by atoms with Gasteiger partial charge in [-0.3, -0.25) is 0 Å². The van der Waals surface area contributed by atoms with Gasteiger partial charge in [0.2, 0.25) is 5.88 Å². The summed E-state index contributed by atoms with van der Waals surface area (Å²) in [6.07, 6.45) is 11.7. The largest absolute Gasteiger partial charge is 0.474 e. The van der Waals surface area contributed by atoms with Crippen LogP contribution in [-0.4, -0.2) is 27.3 Å². The zero-order valence-electron chi connectivity index (χ0n) is 14.3. The van der Waals surface area contributed by atoms with Gasteiger partial charge in [-0.05, 0) is 62.8 Å². The minimum atomic E-state index is -0.219. The number of aliphatic hydroxyl groups is 1. The number of thiophene rings is 1. The predicted molar refractivity (Wildman–Crippen MR) is 96.9 cm³/mol. The number of fused-ring (bicyclic) bond motifs is 3. The van der Waals surface area contributed by atoms with Crippen LogP contribution in [0.3, 0.4) is 0 Å². The van der Waals surface area contributed by atoms with E-state index in [2.05, 4.69) is 9.97 Å². The number of ether oxygens (including phenoxy) is 1. The Kier molecular flexibility index (Phi) is 4.72. The summed E-state index contributed by atoms with van der Waals surface area (Å²) in [6.45, 7) is 2.05. The topological polar surface area (TPSA) is 55.2 Å². The van der Waals surface area contributed by atoms with Gasteiger partial charge in [0.05, 0.1) is 11.5 Å². The minimum Gasteiger partial charge on any atom is -0.474 e. The molecule has 2 aromatic heterocycles. The van der Waals surface area contributed by atoms with Gasteiger partial charge in [0.15, 0.2) is 0 Å². The van der Waals surface area contributed by atoms with E-state index in [4.69, 9.17) is 4.74 Å². The molecule has 1 N–H and O–H groups in total. The summed E-state index contributed by atoms with van der Waals surface area (Å²) in [4.78, 5) is 11.5. The van der Waals surface area contributed by atoms with Crippen molar-refractivity contribution in [2.45, 2.75) is 82.8 Å². The Morgan fingerprint density at radius 2 is 2.08 bits per heavy atom. The second kappa shape index (κ2) is 6.96. The van der Waals surface area contributed by atoms with Crippen LogP contribution in [0.15, 0.2) is 6.33 Å². The Hall–Kier alpha value is -1.20. The SMILES string of the molecule is CC[C@H](O)C[C@H]1CCc2sc3ncnc(OC4CCCCC4)c3c21. The molecule has 2 atom stereocenters. The van der Waals surface area contributed by atoms with Crippen LogP contribution in [-0.2, 0) is 6.42 Å². The van der Waals surface area contributed by atoms with Gasteiger partial charge in [0.25, 0.3) is 0 Å². The fourth-order valence-electron chi connectivity index (χ4n) is 4.20. The van der Waals surface area contributed by atoms with Crippen LogP contribution in [0.2, 0.25) is 0 Å². The lowest BCUT2D eigenvalue weighted by atomic mass is 9.93. The van der Waals surface area contributed by atoms with Crippen LogP contribution in [0.4, 0.5) is 0 Å². The molecule has 2 aliphatic carbocycles. The number of aromatic nitrogens is 2. The molecule has 0 amide bonds. The van der Waals surface area contributed by atoms with Crippen molar-refractivity contribution in [3.05, 3.63) is 16.8 Å². The number of nitrogens with zero attached hydrogens (tertiary/aromatic N) is 2. The van der Waals surface area contributed by atoms with E-state index in [9.17, 15) is 5.11 Å².